The van der Waals surface area contributed by atoms with Crippen molar-refractivity contribution in [1.82, 2.24) is 20.4 Å². The number of nitrogens with zero attached hydrogens (tertiary/aromatic N) is 2. The third kappa shape index (κ3) is 10.1. The third-order valence-corrected chi connectivity index (χ3v) is 3.45. The van der Waals surface area contributed by atoms with Gasteiger partial charge in [0.15, 0.2) is 0 Å². The number of hydrogen-bond donors (Lipinski definition) is 2. The molecule has 26 heavy (non-hydrogen) atoms. The molecule has 0 rings (SSSR count). The minimum absolute atomic E-state index is 0.166. The maximum Gasteiger partial charge on any atom is 0.246 e. The molecule has 0 fully saturated rings. The maximum atomic E-state index is 11.9. The van der Waals surface area contributed by atoms with Crippen LogP contribution in [0.25, 0.3) is 0 Å². The Hall–Kier alpha value is -2.90. The Morgan fingerprint density at radius 2 is 1.23 bits per heavy atom. The first kappa shape index (κ1) is 23.1. The number of nitrogens with one attached hydrogen (secondary N) is 2. The van der Waals surface area contributed by atoms with Crippen molar-refractivity contribution in [2.75, 3.05) is 39.3 Å². The Morgan fingerprint density at radius 1 is 0.769 bits per heavy atom. The van der Waals surface area contributed by atoms with Gasteiger partial charge in [-0.3, -0.25) is 19.2 Å². The smallest absolute Gasteiger partial charge is 0.246 e. The fourth-order valence-corrected chi connectivity index (χ4v) is 2.13. The molecule has 144 valence electrons. The topological polar surface area (TPSA) is 98.8 Å². The second kappa shape index (κ2) is 13.4. The lowest BCUT2D eigenvalue weighted by Crippen LogP contribution is -2.41. The zero-order chi connectivity index (χ0) is 19.9. The van der Waals surface area contributed by atoms with Gasteiger partial charge in [0, 0.05) is 46.2 Å². The van der Waals surface area contributed by atoms with E-state index in [2.05, 4.69) is 30.4 Å². The van der Waals surface area contributed by atoms with Crippen LogP contribution in [0.3, 0.4) is 0 Å². The van der Waals surface area contributed by atoms with E-state index in [1.54, 1.807) is 9.80 Å². The fraction of sp³-hybridized carbons (Fsp3) is 0.444. The molecule has 0 aromatic rings. The van der Waals surface area contributed by atoms with Crippen LogP contribution in [0.15, 0.2) is 38.0 Å². The summed E-state index contributed by atoms with van der Waals surface area (Å²) >= 11 is 0. The highest BCUT2D eigenvalue weighted by molar-refractivity contribution is 5.88. The quantitative estimate of drug-likeness (QED) is 0.444. The molecule has 8 heteroatoms. The maximum absolute atomic E-state index is 11.9. The SMILES string of the molecule is C=CC(=O)NCCN(CCCN(CCNC(C)=O)C(=O)C=C)C(=O)C=C. The van der Waals surface area contributed by atoms with Gasteiger partial charge in [0.2, 0.25) is 23.6 Å². The molecule has 0 aliphatic heterocycles. The van der Waals surface area contributed by atoms with Crippen molar-refractivity contribution in [3.63, 3.8) is 0 Å². The van der Waals surface area contributed by atoms with E-state index >= 15 is 0 Å². The summed E-state index contributed by atoms with van der Waals surface area (Å²) in [5.41, 5.74) is 0. The molecule has 0 saturated carbocycles. The lowest BCUT2D eigenvalue weighted by Gasteiger charge is -2.25. The minimum Gasteiger partial charge on any atom is -0.355 e. The van der Waals surface area contributed by atoms with Crippen LogP contribution in [0.1, 0.15) is 13.3 Å². The van der Waals surface area contributed by atoms with Gasteiger partial charge >= 0.3 is 0 Å². The van der Waals surface area contributed by atoms with Crippen LogP contribution in [0.5, 0.6) is 0 Å². The molecule has 2 N–H and O–H groups in total. The van der Waals surface area contributed by atoms with Gasteiger partial charge in [0.1, 0.15) is 0 Å². The summed E-state index contributed by atoms with van der Waals surface area (Å²) in [5.74, 6) is -0.968. The molecular formula is C18H28N4O4. The Kier molecular flexibility index (Phi) is 11.9. The molecule has 0 spiro atoms. The lowest BCUT2D eigenvalue weighted by atomic mass is 10.3. The van der Waals surface area contributed by atoms with Crippen molar-refractivity contribution < 1.29 is 19.2 Å². The predicted octanol–water partition coefficient (Wildman–Crippen LogP) is -0.156. The van der Waals surface area contributed by atoms with Crippen LogP contribution >= 0.6 is 0 Å². The van der Waals surface area contributed by atoms with Gasteiger partial charge < -0.3 is 20.4 Å². The van der Waals surface area contributed by atoms with Crippen LogP contribution in [0, 0.1) is 0 Å². The van der Waals surface area contributed by atoms with Gasteiger partial charge in [-0.05, 0) is 24.6 Å². The molecule has 0 aliphatic carbocycles. The van der Waals surface area contributed by atoms with E-state index < -0.39 is 0 Å². The first-order valence-corrected chi connectivity index (χ1v) is 8.33. The first-order valence-electron chi connectivity index (χ1n) is 8.33. The van der Waals surface area contributed by atoms with Crippen molar-refractivity contribution in [2.24, 2.45) is 0 Å². The summed E-state index contributed by atoms with van der Waals surface area (Å²) in [5, 5.41) is 5.24. The molecule has 0 aliphatic rings. The summed E-state index contributed by atoms with van der Waals surface area (Å²) in [7, 11) is 0. The minimum atomic E-state index is -0.309. The van der Waals surface area contributed by atoms with Crippen molar-refractivity contribution in [1.29, 1.82) is 0 Å². The second-order valence-corrected chi connectivity index (χ2v) is 5.39. The van der Waals surface area contributed by atoms with E-state index in [-0.39, 0.29) is 23.6 Å². The van der Waals surface area contributed by atoms with Crippen molar-refractivity contribution in [3.8, 4) is 0 Å². The van der Waals surface area contributed by atoms with E-state index in [9.17, 15) is 19.2 Å². The summed E-state index contributed by atoms with van der Waals surface area (Å²) in [6.07, 6.45) is 4.12. The van der Waals surface area contributed by atoms with E-state index in [0.29, 0.717) is 45.7 Å². The standard InChI is InChI=1S/C18H28N4O4/c1-5-16(24)20-10-14-22(18(26)7-3)12-8-11-21(17(25)6-2)13-9-19-15(4)23/h5-7H,1-3,8-14H2,4H3,(H,19,23)(H,20,24). The Bertz CT molecular complexity index is 545. The molecule has 0 radical (unpaired) electrons. The van der Waals surface area contributed by atoms with E-state index in [1.165, 1.54) is 19.1 Å². The van der Waals surface area contributed by atoms with E-state index in [4.69, 9.17) is 0 Å². The normalized spacial score (nSPS) is 9.58. The van der Waals surface area contributed by atoms with Crippen molar-refractivity contribution in [2.45, 2.75) is 13.3 Å². The monoisotopic (exact) mass is 364 g/mol. The van der Waals surface area contributed by atoms with Crippen LogP contribution < -0.4 is 10.6 Å². The Balaban J connectivity index is 4.53. The van der Waals surface area contributed by atoms with Gasteiger partial charge in [-0.1, -0.05) is 19.7 Å². The largest absolute Gasteiger partial charge is 0.355 e. The van der Waals surface area contributed by atoms with E-state index in [1.807, 2.05) is 0 Å². The zero-order valence-electron chi connectivity index (χ0n) is 15.3. The number of rotatable bonds is 13. The molecule has 0 saturated heterocycles. The molecule has 0 aromatic heterocycles. The van der Waals surface area contributed by atoms with Gasteiger partial charge in [-0.2, -0.15) is 0 Å². The van der Waals surface area contributed by atoms with Gasteiger partial charge in [0.05, 0.1) is 0 Å². The lowest BCUT2D eigenvalue weighted by molar-refractivity contribution is -0.127. The zero-order valence-corrected chi connectivity index (χ0v) is 15.3. The molecular weight excluding hydrogens is 336 g/mol. The van der Waals surface area contributed by atoms with Gasteiger partial charge in [-0.15, -0.1) is 0 Å². The van der Waals surface area contributed by atoms with Crippen molar-refractivity contribution >= 4 is 23.6 Å². The summed E-state index contributed by atoms with van der Waals surface area (Å²) in [6.45, 7) is 13.8. The predicted molar refractivity (Wildman–Crippen MR) is 100 cm³/mol. The fourth-order valence-electron chi connectivity index (χ4n) is 2.13. The number of carbonyl (C=O) groups is 4. The second-order valence-electron chi connectivity index (χ2n) is 5.39. The highest BCUT2D eigenvalue weighted by Gasteiger charge is 2.13. The molecule has 0 bridgehead atoms. The number of carbonyl (C=O) groups excluding carboxylic acids is 4. The van der Waals surface area contributed by atoms with E-state index in [0.717, 1.165) is 6.08 Å². The molecule has 0 aromatic carbocycles. The average molecular weight is 364 g/mol. The molecule has 8 nitrogen and oxygen atoms in total. The third-order valence-electron chi connectivity index (χ3n) is 3.45. The highest BCUT2D eigenvalue weighted by Crippen LogP contribution is 1.99. The van der Waals surface area contributed by atoms with Gasteiger partial charge in [0.25, 0.3) is 0 Å². The average Bonchev–Trinajstić information content (AvgIpc) is 2.63. The number of amides is 4. The van der Waals surface area contributed by atoms with Crippen molar-refractivity contribution in [3.05, 3.63) is 38.0 Å². The van der Waals surface area contributed by atoms with Crippen LogP contribution in [-0.2, 0) is 19.2 Å². The first-order chi connectivity index (χ1) is 12.3. The molecule has 0 heterocycles. The summed E-state index contributed by atoms with van der Waals surface area (Å²) in [4.78, 5) is 49.0. The van der Waals surface area contributed by atoms with Crippen LogP contribution in [-0.4, -0.2) is 72.7 Å². The summed E-state index contributed by atoms with van der Waals surface area (Å²) < 4.78 is 0. The molecule has 0 atom stereocenters. The number of hydrogen-bond acceptors (Lipinski definition) is 4. The Morgan fingerprint density at radius 3 is 1.62 bits per heavy atom. The van der Waals surface area contributed by atoms with Gasteiger partial charge in [-0.25, -0.2) is 0 Å². The highest BCUT2D eigenvalue weighted by atomic mass is 16.2. The van der Waals surface area contributed by atoms with Crippen LogP contribution in [0.4, 0.5) is 0 Å². The molecule has 4 amide bonds. The Labute approximate surface area is 154 Å². The summed E-state index contributed by atoms with van der Waals surface area (Å²) in [6, 6.07) is 0. The molecule has 0 unspecified atom stereocenters. The van der Waals surface area contributed by atoms with Crippen LogP contribution in [0.2, 0.25) is 0 Å².